The number of nitrogens with zero attached hydrogens (tertiary/aromatic N) is 3. The first-order chi connectivity index (χ1) is 11.2. The molecule has 23 heavy (non-hydrogen) atoms. The van der Waals surface area contributed by atoms with Gasteiger partial charge in [-0.3, -0.25) is 15.1 Å². The monoisotopic (exact) mass is 313 g/mol. The fraction of sp³-hybridized carbons (Fsp3) is 0.250. The van der Waals surface area contributed by atoms with Crippen molar-refractivity contribution in [2.45, 2.75) is 20.0 Å². The van der Waals surface area contributed by atoms with E-state index in [9.17, 15) is 10.1 Å². The lowest BCUT2D eigenvalue weighted by Gasteiger charge is -2.10. The van der Waals surface area contributed by atoms with Gasteiger partial charge in [0.05, 0.1) is 23.7 Å². The normalized spacial score (nSPS) is 11.1. The zero-order valence-electron chi connectivity index (χ0n) is 12.9. The maximum absolute atomic E-state index is 10.6. The van der Waals surface area contributed by atoms with Crippen molar-refractivity contribution in [2.75, 3.05) is 6.54 Å². The third-order valence-electron chi connectivity index (χ3n) is 3.07. The Bertz CT molecular complexity index is 656. The zero-order chi connectivity index (χ0) is 16.5. The highest BCUT2D eigenvalue weighted by molar-refractivity contribution is 5.79. The molecule has 2 N–H and O–H groups in total. The highest BCUT2D eigenvalue weighted by Gasteiger charge is 2.04. The number of aliphatic imine (C=N–C) groups is 1. The van der Waals surface area contributed by atoms with Crippen LogP contribution in [-0.4, -0.2) is 22.4 Å². The Kier molecular flexibility index (Phi) is 6.05. The average molecular weight is 313 g/mol. The molecule has 0 aliphatic rings. The summed E-state index contributed by atoms with van der Waals surface area (Å²) in [5, 5.41) is 17.0. The lowest BCUT2D eigenvalue weighted by Crippen LogP contribution is -2.36. The third kappa shape index (κ3) is 5.39. The summed E-state index contributed by atoms with van der Waals surface area (Å²) in [6, 6.07) is 12.1. The van der Waals surface area contributed by atoms with Gasteiger partial charge in [-0.2, -0.15) is 0 Å². The molecule has 0 atom stereocenters. The van der Waals surface area contributed by atoms with Crippen LogP contribution in [0.5, 0.6) is 0 Å². The van der Waals surface area contributed by atoms with Crippen molar-refractivity contribution in [1.82, 2.24) is 15.6 Å². The van der Waals surface area contributed by atoms with Gasteiger partial charge in [-0.1, -0.05) is 18.2 Å². The topological polar surface area (TPSA) is 92.5 Å². The van der Waals surface area contributed by atoms with E-state index < -0.39 is 4.92 Å². The minimum Gasteiger partial charge on any atom is -0.357 e. The van der Waals surface area contributed by atoms with E-state index in [4.69, 9.17) is 0 Å². The van der Waals surface area contributed by atoms with Crippen molar-refractivity contribution >= 4 is 11.6 Å². The van der Waals surface area contributed by atoms with E-state index in [-0.39, 0.29) is 5.69 Å². The van der Waals surface area contributed by atoms with Crippen LogP contribution in [0.1, 0.15) is 18.2 Å². The molecule has 1 aromatic heterocycles. The summed E-state index contributed by atoms with van der Waals surface area (Å²) in [4.78, 5) is 18.9. The number of benzene rings is 1. The van der Waals surface area contributed by atoms with Gasteiger partial charge in [0.15, 0.2) is 5.96 Å². The number of aromatic nitrogens is 1. The first-order valence-electron chi connectivity index (χ1n) is 7.34. The van der Waals surface area contributed by atoms with Crippen LogP contribution in [0, 0.1) is 10.1 Å². The van der Waals surface area contributed by atoms with Crippen LogP contribution >= 0.6 is 0 Å². The molecule has 0 aliphatic heterocycles. The van der Waals surface area contributed by atoms with E-state index >= 15 is 0 Å². The Morgan fingerprint density at radius 1 is 1.22 bits per heavy atom. The number of nitrogens with one attached hydrogen (secondary N) is 2. The number of non-ortho nitro benzene ring substituents is 1. The summed E-state index contributed by atoms with van der Waals surface area (Å²) in [5.74, 6) is 0.677. The number of hydrogen-bond acceptors (Lipinski definition) is 4. The number of pyridine rings is 1. The van der Waals surface area contributed by atoms with Gasteiger partial charge in [0, 0.05) is 24.9 Å². The average Bonchev–Trinajstić information content (AvgIpc) is 2.58. The predicted molar refractivity (Wildman–Crippen MR) is 89.0 cm³/mol. The molecule has 1 heterocycles. The predicted octanol–water partition coefficient (Wildman–Crippen LogP) is 2.25. The number of nitro groups is 1. The summed E-state index contributed by atoms with van der Waals surface area (Å²) in [5.41, 5.74) is 1.91. The first-order valence-corrected chi connectivity index (χ1v) is 7.34. The van der Waals surface area contributed by atoms with Crippen LogP contribution in [0.2, 0.25) is 0 Å². The summed E-state index contributed by atoms with van der Waals surface area (Å²) in [6.07, 6.45) is 1.75. The minimum absolute atomic E-state index is 0.0814. The largest absolute Gasteiger partial charge is 0.357 e. The van der Waals surface area contributed by atoms with E-state index in [2.05, 4.69) is 20.6 Å². The second-order valence-corrected chi connectivity index (χ2v) is 4.79. The Balaban J connectivity index is 1.96. The second-order valence-electron chi connectivity index (χ2n) is 4.79. The van der Waals surface area contributed by atoms with Crippen LogP contribution < -0.4 is 10.6 Å². The maximum Gasteiger partial charge on any atom is 0.269 e. The number of nitro benzene ring substituents is 1. The molecule has 7 nitrogen and oxygen atoms in total. The molecular formula is C16H19N5O2. The van der Waals surface area contributed by atoms with Crippen molar-refractivity contribution in [3.63, 3.8) is 0 Å². The van der Waals surface area contributed by atoms with Crippen molar-refractivity contribution < 1.29 is 4.92 Å². The molecule has 0 bridgehead atoms. The van der Waals surface area contributed by atoms with Gasteiger partial charge < -0.3 is 10.6 Å². The van der Waals surface area contributed by atoms with Crippen molar-refractivity contribution in [2.24, 2.45) is 4.99 Å². The lowest BCUT2D eigenvalue weighted by atomic mass is 10.2. The number of guanidine groups is 1. The number of hydrogen-bond donors (Lipinski definition) is 2. The smallest absolute Gasteiger partial charge is 0.269 e. The molecular weight excluding hydrogens is 294 g/mol. The van der Waals surface area contributed by atoms with Crippen molar-refractivity contribution in [1.29, 1.82) is 0 Å². The SMILES string of the molecule is CCNC(=NCc1ccc([N+](=O)[O-])cc1)NCc1ccccn1. The highest BCUT2D eigenvalue weighted by atomic mass is 16.6. The van der Waals surface area contributed by atoms with Gasteiger partial charge in [-0.25, -0.2) is 4.99 Å². The molecule has 0 saturated carbocycles. The van der Waals surface area contributed by atoms with Gasteiger partial charge in [-0.05, 0) is 24.6 Å². The van der Waals surface area contributed by atoms with Gasteiger partial charge in [-0.15, -0.1) is 0 Å². The molecule has 0 amide bonds. The van der Waals surface area contributed by atoms with Crippen LogP contribution in [0.15, 0.2) is 53.7 Å². The molecule has 1 aromatic carbocycles. The lowest BCUT2D eigenvalue weighted by molar-refractivity contribution is -0.384. The van der Waals surface area contributed by atoms with E-state index in [1.165, 1.54) is 12.1 Å². The molecule has 120 valence electrons. The zero-order valence-corrected chi connectivity index (χ0v) is 12.9. The molecule has 0 spiro atoms. The summed E-state index contributed by atoms with van der Waals surface area (Å²) < 4.78 is 0. The molecule has 0 saturated heterocycles. The maximum atomic E-state index is 10.6. The van der Waals surface area contributed by atoms with Crippen LogP contribution in [0.3, 0.4) is 0 Å². The standard InChI is InChI=1S/C16H19N5O2/c1-2-17-16(20-12-14-5-3-4-10-18-14)19-11-13-6-8-15(9-7-13)21(22)23/h3-10H,2,11-12H2,1H3,(H2,17,19,20). The Hall–Kier alpha value is -2.96. The van der Waals surface area contributed by atoms with Crippen LogP contribution in [-0.2, 0) is 13.1 Å². The highest BCUT2D eigenvalue weighted by Crippen LogP contribution is 2.12. The fourth-order valence-electron chi connectivity index (χ4n) is 1.91. The quantitative estimate of drug-likeness (QED) is 0.369. The van der Waals surface area contributed by atoms with Gasteiger partial charge in [0.2, 0.25) is 0 Å². The Labute approximate surface area is 134 Å². The van der Waals surface area contributed by atoms with Gasteiger partial charge in [0.25, 0.3) is 5.69 Å². The summed E-state index contributed by atoms with van der Waals surface area (Å²) >= 11 is 0. The van der Waals surface area contributed by atoms with E-state index in [0.717, 1.165) is 17.8 Å². The van der Waals surface area contributed by atoms with Crippen molar-refractivity contribution in [3.8, 4) is 0 Å². The molecule has 0 fully saturated rings. The minimum atomic E-state index is -0.411. The summed E-state index contributed by atoms with van der Waals surface area (Å²) in [6.45, 7) is 3.75. The molecule has 7 heteroatoms. The summed E-state index contributed by atoms with van der Waals surface area (Å²) in [7, 11) is 0. The second kappa shape index (κ2) is 8.47. The first kappa shape index (κ1) is 16.4. The molecule has 2 rings (SSSR count). The van der Waals surface area contributed by atoms with E-state index in [1.54, 1.807) is 18.3 Å². The molecule has 0 radical (unpaired) electrons. The van der Waals surface area contributed by atoms with E-state index in [1.807, 2.05) is 25.1 Å². The number of rotatable bonds is 6. The van der Waals surface area contributed by atoms with Crippen LogP contribution in [0.4, 0.5) is 5.69 Å². The molecule has 0 aliphatic carbocycles. The fourth-order valence-corrected chi connectivity index (χ4v) is 1.91. The van der Waals surface area contributed by atoms with Gasteiger partial charge in [0.1, 0.15) is 0 Å². The van der Waals surface area contributed by atoms with Crippen LogP contribution in [0.25, 0.3) is 0 Å². The van der Waals surface area contributed by atoms with Crippen molar-refractivity contribution in [3.05, 3.63) is 70.0 Å². The molecule has 2 aromatic rings. The Morgan fingerprint density at radius 3 is 2.61 bits per heavy atom. The third-order valence-corrected chi connectivity index (χ3v) is 3.07. The molecule has 0 unspecified atom stereocenters. The Morgan fingerprint density at radius 2 is 2.00 bits per heavy atom. The van der Waals surface area contributed by atoms with Gasteiger partial charge >= 0.3 is 0 Å². The van der Waals surface area contributed by atoms with E-state index in [0.29, 0.717) is 19.0 Å².